The monoisotopic (exact) mass is 335 g/mol. The van der Waals surface area contributed by atoms with Gasteiger partial charge in [-0.25, -0.2) is 0 Å². The number of benzene rings is 2. The van der Waals surface area contributed by atoms with Gasteiger partial charge in [0.1, 0.15) is 0 Å². The highest BCUT2D eigenvalue weighted by molar-refractivity contribution is 5.71. The van der Waals surface area contributed by atoms with E-state index in [2.05, 4.69) is 54.3 Å². The van der Waals surface area contributed by atoms with Crippen molar-refractivity contribution in [1.82, 2.24) is 4.90 Å². The summed E-state index contributed by atoms with van der Waals surface area (Å²) in [5.41, 5.74) is 7.14. The third-order valence-electron chi connectivity index (χ3n) is 5.61. The van der Waals surface area contributed by atoms with Crippen molar-refractivity contribution in [3.05, 3.63) is 64.7 Å². The third kappa shape index (κ3) is 2.83. The predicted molar refractivity (Wildman–Crippen MR) is 101 cm³/mol. The molecule has 0 amide bonds. The Morgan fingerprint density at radius 1 is 1.00 bits per heavy atom. The number of ether oxygens (including phenoxy) is 2. The molecule has 0 spiro atoms. The van der Waals surface area contributed by atoms with E-state index in [1.54, 1.807) is 14.2 Å². The molecule has 4 rings (SSSR count). The second-order valence-electron chi connectivity index (χ2n) is 6.97. The van der Waals surface area contributed by atoms with Crippen LogP contribution in [0.2, 0.25) is 0 Å². The van der Waals surface area contributed by atoms with Gasteiger partial charge < -0.3 is 9.47 Å². The largest absolute Gasteiger partial charge is 0.493 e. The van der Waals surface area contributed by atoms with Crippen LogP contribution in [-0.2, 0) is 6.42 Å². The number of nitrogens with zero attached hydrogens (tertiary/aromatic N) is 1. The number of hydrogen-bond acceptors (Lipinski definition) is 3. The minimum Gasteiger partial charge on any atom is -0.493 e. The van der Waals surface area contributed by atoms with Crippen molar-refractivity contribution in [2.75, 3.05) is 27.3 Å². The number of methoxy groups -OCH3 is 2. The second kappa shape index (κ2) is 6.57. The minimum atomic E-state index is 0.441. The molecule has 0 saturated carbocycles. The molecule has 1 atom stereocenters. The molecule has 0 saturated heterocycles. The van der Waals surface area contributed by atoms with Crippen LogP contribution in [0, 0.1) is 0 Å². The summed E-state index contributed by atoms with van der Waals surface area (Å²) < 4.78 is 11.0. The van der Waals surface area contributed by atoms with Gasteiger partial charge in [-0.3, -0.25) is 4.90 Å². The van der Waals surface area contributed by atoms with Crippen molar-refractivity contribution in [2.45, 2.75) is 25.8 Å². The first-order valence-corrected chi connectivity index (χ1v) is 8.94. The Kier molecular flexibility index (Phi) is 4.26. The van der Waals surface area contributed by atoms with Crippen molar-refractivity contribution < 1.29 is 9.47 Å². The highest BCUT2D eigenvalue weighted by Crippen LogP contribution is 2.44. The van der Waals surface area contributed by atoms with Gasteiger partial charge in [-0.1, -0.05) is 35.9 Å². The smallest absolute Gasteiger partial charge is 0.161 e. The fourth-order valence-corrected chi connectivity index (χ4v) is 4.24. The van der Waals surface area contributed by atoms with Crippen LogP contribution in [0.4, 0.5) is 0 Å². The van der Waals surface area contributed by atoms with E-state index in [0.717, 1.165) is 37.4 Å². The van der Waals surface area contributed by atoms with Gasteiger partial charge in [0.15, 0.2) is 11.5 Å². The Balaban J connectivity index is 1.72. The normalized spacial score (nSPS) is 20.0. The molecule has 0 N–H and O–H groups in total. The van der Waals surface area contributed by atoms with Crippen molar-refractivity contribution in [1.29, 1.82) is 0 Å². The quantitative estimate of drug-likeness (QED) is 0.825. The van der Waals surface area contributed by atoms with E-state index in [1.807, 2.05) is 0 Å². The summed E-state index contributed by atoms with van der Waals surface area (Å²) in [4.78, 5) is 2.61. The van der Waals surface area contributed by atoms with E-state index in [4.69, 9.17) is 9.47 Å². The maximum absolute atomic E-state index is 5.54. The molecule has 0 aliphatic carbocycles. The molecular weight excluding hydrogens is 310 g/mol. The highest BCUT2D eigenvalue weighted by Gasteiger charge is 2.33. The van der Waals surface area contributed by atoms with Crippen molar-refractivity contribution in [2.24, 2.45) is 0 Å². The van der Waals surface area contributed by atoms with Gasteiger partial charge in [-0.15, -0.1) is 0 Å². The first-order valence-electron chi connectivity index (χ1n) is 8.94. The fourth-order valence-electron chi connectivity index (χ4n) is 4.24. The average molecular weight is 335 g/mol. The van der Waals surface area contributed by atoms with E-state index in [9.17, 15) is 0 Å². The first-order chi connectivity index (χ1) is 12.2. The van der Waals surface area contributed by atoms with E-state index in [-0.39, 0.29) is 0 Å². The molecule has 3 heteroatoms. The highest BCUT2D eigenvalue weighted by atomic mass is 16.5. The zero-order valence-electron chi connectivity index (χ0n) is 15.2. The summed E-state index contributed by atoms with van der Waals surface area (Å²) in [7, 11) is 3.42. The van der Waals surface area contributed by atoms with Crippen LogP contribution in [-0.4, -0.2) is 32.2 Å². The van der Waals surface area contributed by atoms with Crippen LogP contribution in [0.3, 0.4) is 0 Å². The third-order valence-corrected chi connectivity index (χ3v) is 5.61. The lowest BCUT2D eigenvalue weighted by Gasteiger charge is -2.42. The lowest BCUT2D eigenvalue weighted by molar-refractivity contribution is 0.197. The average Bonchev–Trinajstić information content (AvgIpc) is 2.67. The summed E-state index contributed by atoms with van der Waals surface area (Å²) in [5.74, 6) is 1.67. The predicted octanol–water partition coefficient (Wildman–Crippen LogP) is 4.48. The molecule has 2 heterocycles. The molecule has 2 aliphatic rings. The molecular formula is C22H25NO2. The molecule has 0 bridgehead atoms. The molecule has 2 aliphatic heterocycles. The molecule has 25 heavy (non-hydrogen) atoms. The van der Waals surface area contributed by atoms with E-state index in [0.29, 0.717) is 6.04 Å². The Morgan fingerprint density at radius 2 is 1.72 bits per heavy atom. The fraction of sp³-hybridized carbons (Fsp3) is 0.364. The van der Waals surface area contributed by atoms with Gasteiger partial charge in [-0.2, -0.15) is 0 Å². The first kappa shape index (κ1) is 16.2. The molecule has 2 aromatic rings. The van der Waals surface area contributed by atoms with Crippen LogP contribution in [0.5, 0.6) is 11.5 Å². The van der Waals surface area contributed by atoms with Gasteiger partial charge in [0, 0.05) is 19.1 Å². The maximum atomic E-state index is 5.54. The second-order valence-corrected chi connectivity index (χ2v) is 6.97. The van der Waals surface area contributed by atoms with E-state index in [1.165, 1.54) is 27.8 Å². The van der Waals surface area contributed by atoms with Crippen LogP contribution >= 0.6 is 0 Å². The van der Waals surface area contributed by atoms with Crippen LogP contribution in [0.15, 0.2) is 48.0 Å². The minimum absolute atomic E-state index is 0.441. The van der Waals surface area contributed by atoms with E-state index < -0.39 is 0 Å². The van der Waals surface area contributed by atoms with Crippen LogP contribution in [0.25, 0.3) is 5.57 Å². The summed E-state index contributed by atoms with van der Waals surface area (Å²) >= 11 is 0. The zero-order valence-corrected chi connectivity index (χ0v) is 15.2. The molecule has 0 radical (unpaired) electrons. The molecule has 3 nitrogen and oxygen atoms in total. The maximum Gasteiger partial charge on any atom is 0.161 e. The summed E-state index contributed by atoms with van der Waals surface area (Å²) in [6.45, 7) is 4.40. The number of hydrogen-bond donors (Lipinski definition) is 0. The lowest BCUT2D eigenvalue weighted by atomic mass is 9.83. The van der Waals surface area contributed by atoms with Crippen LogP contribution < -0.4 is 9.47 Å². The zero-order chi connectivity index (χ0) is 17.4. The van der Waals surface area contributed by atoms with Crippen LogP contribution in [0.1, 0.15) is 36.1 Å². The summed E-state index contributed by atoms with van der Waals surface area (Å²) in [5, 5.41) is 0. The number of fused-ring (bicyclic) bond motifs is 3. The topological polar surface area (TPSA) is 21.7 Å². The Labute approximate surface area is 149 Å². The van der Waals surface area contributed by atoms with Gasteiger partial charge >= 0.3 is 0 Å². The van der Waals surface area contributed by atoms with Gasteiger partial charge in [0.05, 0.1) is 14.2 Å². The molecule has 1 unspecified atom stereocenters. The standard InChI is InChI=1S/C22H25NO2/c1-15-11-20-18-13-22(25-3)21(24-2)12-17(18)9-10-23(20)14-19(15)16-7-5-4-6-8-16/h4-8,12-13,20H,9-11,14H2,1-3H3. The van der Waals surface area contributed by atoms with Gasteiger partial charge in [0.2, 0.25) is 0 Å². The van der Waals surface area contributed by atoms with Gasteiger partial charge in [-0.05, 0) is 54.2 Å². The van der Waals surface area contributed by atoms with Crippen molar-refractivity contribution in [3.63, 3.8) is 0 Å². The van der Waals surface area contributed by atoms with E-state index >= 15 is 0 Å². The SMILES string of the molecule is COc1cc2c(cc1OC)C1CC(C)=C(c3ccccc3)CN1CC2. The Bertz CT molecular complexity index is 810. The Hall–Kier alpha value is -2.26. The summed E-state index contributed by atoms with van der Waals surface area (Å²) in [6, 6.07) is 15.6. The molecule has 2 aromatic carbocycles. The van der Waals surface area contributed by atoms with Crippen molar-refractivity contribution >= 4 is 5.57 Å². The molecule has 0 fully saturated rings. The lowest BCUT2D eigenvalue weighted by Crippen LogP contribution is -2.39. The van der Waals surface area contributed by atoms with Gasteiger partial charge in [0.25, 0.3) is 0 Å². The Morgan fingerprint density at radius 3 is 2.44 bits per heavy atom. The summed E-state index contributed by atoms with van der Waals surface area (Å²) in [6.07, 6.45) is 2.14. The number of rotatable bonds is 3. The molecule has 130 valence electrons. The van der Waals surface area contributed by atoms with Crippen molar-refractivity contribution in [3.8, 4) is 11.5 Å². The molecule has 0 aromatic heterocycles.